The van der Waals surface area contributed by atoms with Gasteiger partial charge in [0.2, 0.25) is 15.6 Å². The van der Waals surface area contributed by atoms with Crippen molar-refractivity contribution in [3.05, 3.63) is 106 Å². The normalized spacial score (nSPS) is 12.0. The third-order valence-electron chi connectivity index (χ3n) is 3.84. The lowest BCUT2D eigenvalue weighted by Gasteiger charge is -2.10. The molecule has 0 saturated heterocycles. The van der Waals surface area contributed by atoms with Gasteiger partial charge in [-0.1, -0.05) is 66.2 Å². The Hall–Kier alpha value is -2.76. The van der Waals surface area contributed by atoms with Crippen LogP contribution in [0.4, 0.5) is 4.39 Å². The Bertz CT molecular complexity index is 1110. The number of hydrogen-bond donors (Lipinski definition) is 0. The van der Waals surface area contributed by atoms with Crippen LogP contribution in [0.5, 0.6) is 0 Å². The molecule has 0 saturated carbocycles. The summed E-state index contributed by atoms with van der Waals surface area (Å²) in [6, 6.07) is 19.2. The summed E-state index contributed by atoms with van der Waals surface area (Å²) in [6.07, 6.45) is 1.23. The predicted molar refractivity (Wildman–Crippen MR) is 104 cm³/mol. The van der Waals surface area contributed by atoms with Gasteiger partial charge in [-0.15, -0.1) is 0 Å². The van der Waals surface area contributed by atoms with Gasteiger partial charge in [0.1, 0.15) is 10.7 Å². The topological polar surface area (TPSA) is 51.2 Å². The summed E-state index contributed by atoms with van der Waals surface area (Å²) in [5.41, 5.74) is 0.604. The molecule has 0 bridgehead atoms. The standard InChI is InChI=1S/C21H14ClFO3S/c22-18-8-4-5-9-19(18)27(25,26)20(14-15-10-12-17(23)13-11-15)21(24)16-6-2-1-3-7-16/h1-14H/b20-14+. The lowest BCUT2D eigenvalue weighted by Crippen LogP contribution is -2.15. The zero-order chi connectivity index (χ0) is 19.4. The summed E-state index contributed by atoms with van der Waals surface area (Å²) in [5.74, 6) is -1.13. The Balaban J connectivity index is 2.20. The summed E-state index contributed by atoms with van der Waals surface area (Å²) in [5, 5.41) is 0.0170. The van der Waals surface area contributed by atoms with E-state index in [0.29, 0.717) is 5.56 Å². The van der Waals surface area contributed by atoms with E-state index in [1.807, 2.05) is 0 Å². The van der Waals surface area contributed by atoms with Crippen molar-refractivity contribution >= 4 is 33.3 Å². The van der Waals surface area contributed by atoms with Crippen LogP contribution in [0, 0.1) is 5.82 Å². The van der Waals surface area contributed by atoms with Gasteiger partial charge >= 0.3 is 0 Å². The molecule has 0 aliphatic carbocycles. The van der Waals surface area contributed by atoms with Crippen molar-refractivity contribution in [2.75, 3.05) is 0 Å². The molecule has 136 valence electrons. The molecule has 0 amide bonds. The van der Waals surface area contributed by atoms with Crippen molar-refractivity contribution < 1.29 is 17.6 Å². The van der Waals surface area contributed by atoms with Crippen molar-refractivity contribution in [2.45, 2.75) is 4.90 Å². The highest BCUT2D eigenvalue weighted by Gasteiger charge is 2.29. The second kappa shape index (κ2) is 7.86. The van der Waals surface area contributed by atoms with Gasteiger partial charge in [-0.2, -0.15) is 0 Å². The zero-order valence-corrected chi connectivity index (χ0v) is 15.5. The van der Waals surface area contributed by atoms with Crippen LogP contribution in [-0.4, -0.2) is 14.2 Å². The fourth-order valence-electron chi connectivity index (χ4n) is 2.49. The largest absolute Gasteiger partial charge is 0.288 e. The molecule has 0 aliphatic rings. The summed E-state index contributed by atoms with van der Waals surface area (Å²) in [4.78, 5) is 12.4. The molecular formula is C21H14ClFO3S. The van der Waals surface area contributed by atoms with E-state index in [2.05, 4.69) is 0 Å². The van der Waals surface area contributed by atoms with E-state index in [9.17, 15) is 17.6 Å². The fourth-order valence-corrected chi connectivity index (χ4v) is 4.40. The average Bonchev–Trinajstić information content (AvgIpc) is 2.68. The van der Waals surface area contributed by atoms with Crippen LogP contribution < -0.4 is 0 Å². The maximum Gasteiger partial charge on any atom is 0.211 e. The monoisotopic (exact) mass is 400 g/mol. The van der Waals surface area contributed by atoms with Crippen LogP contribution >= 0.6 is 11.6 Å². The number of benzene rings is 3. The number of rotatable bonds is 5. The van der Waals surface area contributed by atoms with Crippen LogP contribution in [0.15, 0.2) is 88.7 Å². The maximum atomic E-state index is 13.2. The molecule has 0 heterocycles. The predicted octanol–water partition coefficient (Wildman–Crippen LogP) is 5.18. The minimum Gasteiger partial charge on any atom is -0.288 e. The number of carbonyl (C=O) groups is 1. The fraction of sp³-hybridized carbons (Fsp3) is 0. The number of allylic oxidation sites excluding steroid dienone is 1. The molecule has 0 spiro atoms. The summed E-state index contributed by atoms with van der Waals surface area (Å²) < 4.78 is 39.6. The van der Waals surface area contributed by atoms with Gasteiger partial charge in [-0.25, -0.2) is 12.8 Å². The summed E-state index contributed by atoms with van der Waals surface area (Å²) in [7, 11) is -4.20. The highest BCUT2D eigenvalue weighted by atomic mass is 35.5. The maximum absolute atomic E-state index is 13.2. The first-order valence-corrected chi connectivity index (χ1v) is 9.82. The molecule has 0 N–H and O–H groups in total. The highest BCUT2D eigenvalue weighted by molar-refractivity contribution is 7.96. The summed E-state index contributed by atoms with van der Waals surface area (Å²) >= 11 is 6.06. The molecule has 3 nitrogen and oxygen atoms in total. The van der Waals surface area contributed by atoms with E-state index >= 15 is 0 Å². The first-order chi connectivity index (χ1) is 12.9. The average molecular weight is 401 g/mol. The molecular weight excluding hydrogens is 387 g/mol. The van der Waals surface area contributed by atoms with Crippen molar-refractivity contribution in [2.24, 2.45) is 0 Å². The number of hydrogen-bond acceptors (Lipinski definition) is 3. The van der Waals surface area contributed by atoms with Crippen molar-refractivity contribution in [3.63, 3.8) is 0 Å². The van der Waals surface area contributed by atoms with Gasteiger partial charge < -0.3 is 0 Å². The van der Waals surface area contributed by atoms with E-state index in [0.717, 1.165) is 0 Å². The Morgan fingerprint density at radius 1 is 0.852 bits per heavy atom. The van der Waals surface area contributed by atoms with Crippen LogP contribution in [-0.2, 0) is 9.84 Å². The quantitative estimate of drug-likeness (QED) is 0.438. The molecule has 0 unspecified atom stereocenters. The van der Waals surface area contributed by atoms with Crippen molar-refractivity contribution in [3.8, 4) is 0 Å². The Morgan fingerprint density at radius 2 is 1.44 bits per heavy atom. The van der Waals surface area contributed by atoms with Gasteiger partial charge in [0.05, 0.1) is 9.92 Å². The molecule has 0 aromatic heterocycles. The minimum atomic E-state index is -4.20. The summed E-state index contributed by atoms with van der Waals surface area (Å²) in [6.45, 7) is 0. The van der Waals surface area contributed by atoms with E-state index in [1.54, 1.807) is 24.3 Å². The number of halogens is 2. The highest BCUT2D eigenvalue weighted by Crippen LogP contribution is 2.29. The second-order valence-electron chi connectivity index (χ2n) is 5.69. The van der Waals surface area contributed by atoms with E-state index in [-0.39, 0.29) is 15.5 Å². The Labute approximate surface area is 161 Å². The molecule has 27 heavy (non-hydrogen) atoms. The van der Waals surface area contributed by atoms with Crippen LogP contribution in [0.25, 0.3) is 6.08 Å². The second-order valence-corrected chi connectivity index (χ2v) is 7.98. The van der Waals surface area contributed by atoms with E-state index in [4.69, 9.17) is 11.6 Å². The van der Waals surface area contributed by atoms with Crippen LogP contribution in [0.2, 0.25) is 5.02 Å². The Morgan fingerprint density at radius 3 is 2.07 bits per heavy atom. The lowest BCUT2D eigenvalue weighted by molar-refractivity contribution is 0.104. The molecule has 0 atom stereocenters. The van der Waals surface area contributed by atoms with Gasteiger partial charge in [0.25, 0.3) is 0 Å². The molecule has 0 radical (unpaired) electrons. The van der Waals surface area contributed by atoms with E-state index in [1.165, 1.54) is 60.7 Å². The van der Waals surface area contributed by atoms with Crippen molar-refractivity contribution in [1.29, 1.82) is 0 Å². The molecule has 3 aromatic rings. The molecule has 0 fully saturated rings. The number of sulfone groups is 1. The smallest absolute Gasteiger partial charge is 0.211 e. The molecule has 3 aromatic carbocycles. The van der Waals surface area contributed by atoms with Crippen LogP contribution in [0.3, 0.4) is 0 Å². The first kappa shape index (κ1) is 19.0. The van der Waals surface area contributed by atoms with Gasteiger partial charge in [-0.3, -0.25) is 4.79 Å². The van der Waals surface area contributed by atoms with Gasteiger partial charge in [0, 0.05) is 5.56 Å². The zero-order valence-electron chi connectivity index (χ0n) is 14.0. The number of ketones is 1. The first-order valence-electron chi connectivity index (χ1n) is 7.96. The SMILES string of the molecule is O=C(/C(=C\c1ccc(F)cc1)S(=O)(=O)c1ccccc1Cl)c1ccccc1. The Kier molecular flexibility index (Phi) is 5.54. The molecule has 6 heteroatoms. The van der Waals surface area contributed by atoms with Gasteiger partial charge in [0.15, 0.2) is 0 Å². The molecule has 3 rings (SSSR count). The van der Waals surface area contributed by atoms with Gasteiger partial charge in [-0.05, 0) is 35.9 Å². The van der Waals surface area contributed by atoms with Crippen LogP contribution in [0.1, 0.15) is 15.9 Å². The number of carbonyl (C=O) groups excluding carboxylic acids is 1. The van der Waals surface area contributed by atoms with Crippen molar-refractivity contribution in [1.82, 2.24) is 0 Å². The molecule has 0 aliphatic heterocycles. The number of Topliss-reactive ketones (excluding diaryl/α,β-unsaturated/α-hetero) is 1. The lowest BCUT2D eigenvalue weighted by atomic mass is 10.1. The third-order valence-corrected chi connectivity index (χ3v) is 6.10. The van der Waals surface area contributed by atoms with E-state index < -0.39 is 26.3 Å². The third kappa shape index (κ3) is 4.15. The minimum absolute atomic E-state index is 0.0170.